The highest BCUT2D eigenvalue weighted by Gasteiger charge is 2.21. The van der Waals surface area contributed by atoms with Crippen LogP contribution in [0.4, 0.5) is 0 Å². The van der Waals surface area contributed by atoms with Crippen molar-refractivity contribution in [1.29, 1.82) is 0 Å². The molecule has 2 rings (SSSR count). The number of piperidine rings is 1. The number of hydrogen-bond donors (Lipinski definition) is 1. The van der Waals surface area contributed by atoms with Gasteiger partial charge in [0.2, 0.25) is 0 Å². The Morgan fingerprint density at radius 2 is 2.41 bits per heavy atom. The summed E-state index contributed by atoms with van der Waals surface area (Å²) < 4.78 is 5.52. The van der Waals surface area contributed by atoms with Gasteiger partial charge in [-0.25, -0.2) is 4.98 Å². The number of nitrogens with two attached hydrogens (primary N) is 1. The third-order valence-electron chi connectivity index (χ3n) is 3.46. The third kappa shape index (κ3) is 3.54. The van der Waals surface area contributed by atoms with Crippen molar-refractivity contribution in [3.63, 3.8) is 0 Å². The molecule has 4 nitrogen and oxygen atoms in total. The zero-order valence-corrected chi connectivity index (χ0v) is 10.9. The van der Waals surface area contributed by atoms with Crippen LogP contribution < -0.4 is 5.73 Å². The van der Waals surface area contributed by atoms with Crippen molar-refractivity contribution < 1.29 is 4.42 Å². The molecule has 1 aromatic rings. The van der Waals surface area contributed by atoms with Crippen LogP contribution in [0.5, 0.6) is 0 Å². The van der Waals surface area contributed by atoms with Crippen molar-refractivity contribution in [3.8, 4) is 0 Å². The van der Waals surface area contributed by atoms with E-state index in [4.69, 9.17) is 10.2 Å². The van der Waals surface area contributed by atoms with Gasteiger partial charge in [0.15, 0.2) is 5.89 Å². The van der Waals surface area contributed by atoms with E-state index >= 15 is 0 Å². The standard InChI is InChI=1S/C13H23N3O/c1-10(14)7-11-9-17-13(15-11)8-12-5-3-4-6-16(12)2/h9-10,12H,3-8,14H2,1-2H3. The molecule has 0 radical (unpaired) electrons. The lowest BCUT2D eigenvalue weighted by Crippen LogP contribution is -2.37. The molecule has 1 aromatic heterocycles. The number of likely N-dealkylation sites (tertiary alicyclic amines) is 1. The number of rotatable bonds is 4. The van der Waals surface area contributed by atoms with Gasteiger partial charge in [-0.2, -0.15) is 0 Å². The van der Waals surface area contributed by atoms with Gasteiger partial charge in [0.05, 0.1) is 5.69 Å². The SMILES string of the molecule is CC(N)Cc1coc(CC2CCCCN2C)n1. The Labute approximate surface area is 103 Å². The highest BCUT2D eigenvalue weighted by molar-refractivity contribution is 5.00. The normalized spacial score (nSPS) is 23.8. The predicted molar refractivity (Wildman–Crippen MR) is 67.8 cm³/mol. The second kappa shape index (κ2) is 5.65. The lowest BCUT2D eigenvalue weighted by Gasteiger charge is -2.31. The Kier molecular flexibility index (Phi) is 4.18. The molecule has 0 bridgehead atoms. The van der Waals surface area contributed by atoms with E-state index in [1.807, 2.05) is 6.92 Å². The van der Waals surface area contributed by atoms with E-state index in [1.54, 1.807) is 6.26 Å². The topological polar surface area (TPSA) is 55.3 Å². The van der Waals surface area contributed by atoms with E-state index in [0.29, 0.717) is 6.04 Å². The molecule has 1 aliphatic rings. The highest BCUT2D eigenvalue weighted by atomic mass is 16.3. The van der Waals surface area contributed by atoms with Gasteiger partial charge in [0, 0.05) is 24.9 Å². The summed E-state index contributed by atoms with van der Waals surface area (Å²) in [6, 6.07) is 0.732. The minimum Gasteiger partial charge on any atom is -0.449 e. The lowest BCUT2D eigenvalue weighted by molar-refractivity contribution is 0.177. The molecule has 0 saturated carbocycles. The van der Waals surface area contributed by atoms with Crippen molar-refractivity contribution in [2.24, 2.45) is 5.73 Å². The highest BCUT2D eigenvalue weighted by Crippen LogP contribution is 2.19. The van der Waals surface area contributed by atoms with Gasteiger partial charge in [0.25, 0.3) is 0 Å². The van der Waals surface area contributed by atoms with Gasteiger partial charge in [0.1, 0.15) is 6.26 Å². The first-order valence-electron chi connectivity index (χ1n) is 6.54. The summed E-state index contributed by atoms with van der Waals surface area (Å²) in [5.41, 5.74) is 6.73. The summed E-state index contributed by atoms with van der Waals surface area (Å²) in [6.07, 6.45) is 7.36. The van der Waals surface area contributed by atoms with Crippen molar-refractivity contribution in [2.75, 3.05) is 13.6 Å². The monoisotopic (exact) mass is 237 g/mol. The molecule has 1 aliphatic heterocycles. The van der Waals surface area contributed by atoms with Gasteiger partial charge in [-0.05, 0) is 33.4 Å². The van der Waals surface area contributed by atoms with E-state index in [2.05, 4.69) is 16.9 Å². The van der Waals surface area contributed by atoms with Crippen LogP contribution in [-0.4, -0.2) is 35.6 Å². The maximum absolute atomic E-state index is 5.75. The van der Waals surface area contributed by atoms with Gasteiger partial charge >= 0.3 is 0 Å². The van der Waals surface area contributed by atoms with Crippen LogP contribution >= 0.6 is 0 Å². The van der Waals surface area contributed by atoms with Crippen molar-refractivity contribution >= 4 is 0 Å². The molecule has 0 spiro atoms. The summed E-state index contributed by atoms with van der Waals surface area (Å²) in [5, 5.41) is 0. The Morgan fingerprint density at radius 3 is 3.12 bits per heavy atom. The Morgan fingerprint density at radius 1 is 1.59 bits per heavy atom. The van der Waals surface area contributed by atoms with E-state index < -0.39 is 0 Å². The van der Waals surface area contributed by atoms with Crippen LogP contribution in [0.3, 0.4) is 0 Å². The number of aromatic nitrogens is 1. The minimum absolute atomic E-state index is 0.144. The second-order valence-electron chi connectivity index (χ2n) is 5.25. The molecule has 2 N–H and O–H groups in total. The van der Waals surface area contributed by atoms with E-state index in [9.17, 15) is 0 Å². The van der Waals surface area contributed by atoms with Gasteiger partial charge in [-0.15, -0.1) is 0 Å². The van der Waals surface area contributed by atoms with Crippen LogP contribution in [0.25, 0.3) is 0 Å². The fraction of sp³-hybridized carbons (Fsp3) is 0.769. The summed E-state index contributed by atoms with van der Waals surface area (Å²) in [6.45, 7) is 3.18. The smallest absolute Gasteiger partial charge is 0.195 e. The van der Waals surface area contributed by atoms with Crippen LogP contribution in [0, 0.1) is 0 Å². The molecule has 4 heteroatoms. The first-order chi connectivity index (χ1) is 8.15. The average molecular weight is 237 g/mol. The fourth-order valence-electron chi connectivity index (χ4n) is 2.47. The van der Waals surface area contributed by atoms with Crippen LogP contribution in [0.15, 0.2) is 10.7 Å². The number of nitrogens with zero attached hydrogens (tertiary/aromatic N) is 2. The summed E-state index contributed by atoms with van der Waals surface area (Å²) in [5.74, 6) is 0.861. The molecule has 0 amide bonds. The molecule has 17 heavy (non-hydrogen) atoms. The molecular weight excluding hydrogens is 214 g/mol. The molecule has 2 heterocycles. The molecule has 2 atom stereocenters. The molecule has 1 saturated heterocycles. The van der Waals surface area contributed by atoms with Crippen LogP contribution in [0.2, 0.25) is 0 Å². The average Bonchev–Trinajstić information content (AvgIpc) is 2.68. The molecule has 0 aromatic carbocycles. The second-order valence-corrected chi connectivity index (χ2v) is 5.25. The van der Waals surface area contributed by atoms with Crippen molar-refractivity contribution in [2.45, 2.75) is 51.1 Å². The maximum Gasteiger partial charge on any atom is 0.195 e. The zero-order chi connectivity index (χ0) is 12.3. The van der Waals surface area contributed by atoms with E-state index in [0.717, 1.165) is 24.4 Å². The fourth-order valence-corrected chi connectivity index (χ4v) is 2.47. The van der Waals surface area contributed by atoms with Gasteiger partial charge in [-0.1, -0.05) is 6.42 Å². The zero-order valence-electron chi connectivity index (χ0n) is 10.9. The van der Waals surface area contributed by atoms with E-state index in [1.165, 1.54) is 25.8 Å². The molecule has 2 unspecified atom stereocenters. The van der Waals surface area contributed by atoms with Crippen LogP contribution in [-0.2, 0) is 12.8 Å². The largest absolute Gasteiger partial charge is 0.449 e. The minimum atomic E-state index is 0.144. The number of likely N-dealkylation sites (N-methyl/N-ethyl adjacent to an activating group) is 1. The van der Waals surface area contributed by atoms with E-state index in [-0.39, 0.29) is 6.04 Å². The van der Waals surface area contributed by atoms with Gasteiger partial charge in [-0.3, -0.25) is 0 Å². The number of hydrogen-bond acceptors (Lipinski definition) is 4. The summed E-state index contributed by atoms with van der Waals surface area (Å²) in [4.78, 5) is 6.92. The molecular formula is C13H23N3O. The predicted octanol–water partition coefficient (Wildman–Crippen LogP) is 1.59. The Balaban J connectivity index is 1.91. The lowest BCUT2D eigenvalue weighted by atomic mass is 10.0. The van der Waals surface area contributed by atoms with Crippen molar-refractivity contribution in [1.82, 2.24) is 9.88 Å². The Bertz CT molecular complexity index is 348. The molecule has 0 aliphatic carbocycles. The third-order valence-corrected chi connectivity index (χ3v) is 3.46. The quantitative estimate of drug-likeness (QED) is 0.864. The van der Waals surface area contributed by atoms with Crippen molar-refractivity contribution in [3.05, 3.63) is 17.8 Å². The first kappa shape index (κ1) is 12.6. The number of oxazole rings is 1. The first-order valence-corrected chi connectivity index (χ1v) is 6.54. The maximum atomic E-state index is 5.75. The Hall–Kier alpha value is -0.870. The van der Waals surface area contributed by atoms with Gasteiger partial charge < -0.3 is 15.1 Å². The summed E-state index contributed by atoms with van der Waals surface area (Å²) >= 11 is 0. The molecule has 96 valence electrons. The van der Waals surface area contributed by atoms with Crippen LogP contribution in [0.1, 0.15) is 37.8 Å². The summed E-state index contributed by atoms with van der Waals surface area (Å²) in [7, 11) is 2.19. The molecule has 1 fully saturated rings.